The third-order valence-corrected chi connectivity index (χ3v) is 5.66. The van der Waals surface area contributed by atoms with Gasteiger partial charge in [0.25, 0.3) is 0 Å². The van der Waals surface area contributed by atoms with Gasteiger partial charge < -0.3 is 5.73 Å². The van der Waals surface area contributed by atoms with Gasteiger partial charge in [0.05, 0.1) is 0 Å². The lowest BCUT2D eigenvalue weighted by atomic mass is 9.97. The number of hydrogen-bond donors (Lipinski definition) is 1. The van der Waals surface area contributed by atoms with Crippen molar-refractivity contribution in [3.05, 3.63) is 34.3 Å². The van der Waals surface area contributed by atoms with Crippen LogP contribution in [0.15, 0.2) is 28.7 Å². The van der Waals surface area contributed by atoms with Crippen molar-refractivity contribution < 1.29 is 0 Å². The Hall–Kier alpha value is -0.0300. The van der Waals surface area contributed by atoms with Crippen LogP contribution in [0.25, 0.3) is 0 Å². The van der Waals surface area contributed by atoms with E-state index in [0.29, 0.717) is 6.04 Å². The molecule has 0 amide bonds. The van der Waals surface area contributed by atoms with Crippen LogP contribution in [-0.4, -0.2) is 36.0 Å². The average Bonchev–Trinajstić information content (AvgIpc) is 2.87. The summed E-state index contributed by atoms with van der Waals surface area (Å²) in [7, 11) is 2.19. The van der Waals surface area contributed by atoms with Crippen molar-refractivity contribution in [2.45, 2.75) is 19.0 Å². The molecule has 0 aromatic heterocycles. The summed E-state index contributed by atoms with van der Waals surface area (Å²) in [5.41, 5.74) is 7.32. The largest absolute Gasteiger partial charge is 0.329 e. The fourth-order valence-corrected chi connectivity index (χ4v) is 4.34. The number of benzene rings is 1. The molecule has 1 aliphatic heterocycles. The Kier molecular flexibility index (Phi) is 5.55. The Morgan fingerprint density at radius 2 is 2.28 bits per heavy atom. The molecular formula is C14H21BrN2S. The first-order chi connectivity index (χ1) is 8.72. The van der Waals surface area contributed by atoms with Gasteiger partial charge in [-0.2, -0.15) is 11.8 Å². The highest BCUT2D eigenvalue weighted by molar-refractivity contribution is 9.10. The summed E-state index contributed by atoms with van der Waals surface area (Å²) in [5.74, 6) is 3.32. The first-order valence-corrected chi connectivity index (χ1v) is 8.38. The molecule has 1 aromatic carbocycles. The summed E-state index contributed by atoms with van der Waals surface area (Å²) in [6.45, 7) is 1.72. The van der Waals surface area contributed by atoms with E-state index in [2.05, 4.69) is 63.9 Å². The maximum absolute atomic E-state index is 5.98. The first kappa shape index (κ1) is 14.4. The molecule has 18 heavy (non-hydrogen) atoms. The normalized spacial score (nSPS) is 21.4. The minimum absolute atomic E-state index is 0.507. The van der Waals surface area contributed by atoms with Crippen molar-refractivity contribution in [1.82, 2.24) is 4.90 Å². The van der Waals surface area contributed by atoms with Gasteiger partial charge in [-0.15, -0.1) is 0 Å². The Labute approximate surface area is 122 Å². The van der Waals surface area contributed by atoms with Gasteiger partial charge in [0.15, 0.2) is 0 Å². The van der Waals surface area contributed by atoms with Crippen molar-refractivity contribution in [1.29, 1.82) is 0 Å². The van der Waals surface area contributed by atoms with Gasteiger partial charge >= 0.3 is 0 Å². The molecule has 2 unspecified atom stereocenters. The highest BCUT2D eigenvalue weighted by Gasteiger charge is 2.27. The van der Waals surface area contributed by atoms with Crippen LogP contribution in [0.1, 0.15) is 12.0 Å². The molecule has 100 valence electrons. The molecule has 2 nitrogen and oxygen atoms in total. The zero-order chi connectivity index (χ0) is 13.0. The van der Waals surface area contributed by atoms with Crippen LogP contribution in [-0.2, 0) is 6.54 Å². The van der Waals surface area contributed by atoms with E-state index in [1.807, 2.05) is 0 Å². The number of nitrogens with two attached hydrogens (primary N) is 1. The number of likely N-dealkylation sites (N-methyl/N-ethyl adjacent to an activating group) is 1. The highest BCUT2D eigenvalue weighted by atomic mass is 79.9. The van der Waals surface area contributed by atoms with Gasteiger partial charge in [0.1, 0.15) is 0 Å². The summed E-state index contributed by atoms with van der Waals surface area (Å²) in [4.78, 5) is 2.41. The Balaban J connectivity index is 2.01. The molecule has 1 fully saturated rings. The van der Waals surface area contributed by atoms with Crippen molar-refractivity contribution >= 4 is 27.7 Å². The minimum Gasteiger partial charge on any atom is -0.329 e. The van der Waals surface area contributed by atoms with Crippen LogP contribution in [0.2, 0.25) is 0 Å². The molecule has 0 bridgehead atoms. The fourth-order valence-electron chi connectivity index (χ4n) is 2.60. The lowest BCUT2D eigenvalue weighted by Gasteiger charge is -2.31. The van der Waals surface area contributed by atoms with Gasteiger partial charge in [0.2, 0.25) is 0 Å². The van der Waals surface area contributed by atoms with Crippen LogP contribution in [0, 0.1) is 5.92 Å². The van der Waals surface area contributed by atoms with Gasteiger partial charge in [-0.05, 0) is 42.5 Å². The first-order valence-electron chi connectivity index (χ1n) is 6.44. The molecule has 0 radical (unpaired) electrons. The Bertz CT molecular complexity index is 380. The smallest absolute Gasteiger partial charge is 0.0255 e. The van der Waals surface area contributed by atoms with E-state index < -0.39 is 0 Å². The summed E-state index contributed by atoms with van der Waals surface area (Å²) in [6.07, 6.45) is 1.31. The van der Waals surface area contributed by atoms with E-state index in [4.69, 9.17) is 5.73 Å². The van der Waals surface area contributed by atoms with Crippen molar-refractivity contribution in [2.75, 3.05) is 25.1 Å². The van der Waals surface area contributed by atoms with Crippen LogP contribution < -0.4 is 5.73 Å². The maximum Gasteiger partial charge on any atom is 0.0255 e. The second-order valence-electron chi connectivity index (χ2n) is 4.93. The predicted molar refractivity (Wildman–Crippen MR) is 83.9 cm³/mol. The van der Waals surface area contributed by atoms with E-state index in [1.165, 1.54) is 28.0 Å². The number of rotatable bonds is 5. The topological polar surface area (TPSA) is 29.3 Å². The van der Waals surface area contributed by atoms with Crippen LogP contribution in [0.3, 0.4) is 0 Å². The van der Waals surface area contributed by atoms with Crippen LogP contribution in [0.4, 0.5) is 0 Å². The molecule has 1 saturated heterocycles. The molecule has 1 heterocycles. The Morgan fingerprint density at radius 3 is 2.89 bits per heavy atom. The van der Waals surface area contributed by atoms with Gasteiger partial charge in [-0.25, -0.2) is 0 Å². The van der Waals surface area contributed by atoms with Crippen LogP contribution >= 0.6 is 27.7 Å². The van der Waals surface area contributed by atoms with Gasteiger partial charge in [-0.3, -0.25) is 4.90 Å². The third-order valence-electron chi connectivity index (χ3n) is 3.69. The van der Waals surface area contributed by atoms with Crippen molar-refractivity contribution in [3.8, 4) is 0 Å². The molecule has 1 aromatic rings. The van der Waals surface area contributed by atoms with Gasteiger partial charge in [0, 0.05) is 23.6 Å². The molecule has 0 spiro atoms. The lowest BCUT2D eigenvalue weighted by Crippen LogP contribution is -2.43. The zero-order valence-electron chi connectivity index (χ0n) is 10.8. The SMILES string of the molecule is CN(Cc1ccccc1Br)C(CN)C1CCSC1. The minimum atomic E-state index is 0.507. The molecule has 4 heteroatoms. The number of halogens is 1. The molecule has 0 saturated carbocycles. The van der Waals surface area contributed by atoms with E-state index in [-0.39, 0.29) is 0 Å². The van der Waals surface area contributed by atoms with Gasteiger partial charge in [-0.1, -0.05) is 34.1 Å². The Morgan fingerprint density at radius 1 is 1.50 bits per heavy atom. The summed E-state index contributed by atoms with van der Waals surface area (Å²) in [6, 6.07) is 8.94. The number of hydrogen-bond acceptors (Lipinski definition) is 3. The molecular weight excluding hydrogens is 308 g/mol. The van der Waals surface area contributed by atoms with Crippen molar-refractivity contribution in [2.24, 2.45) is 11.7 Å². The number of thioether (sulfide) groups is 1. The van der Waals surface area contributed by atoms with E-state index in [0.717, 1.165) is 19.0 Å². The quantitative estimate of drug-likeness (QED) is 0.901. The fraction of sp³-hybridized carbons (Fsp3) is 0.571. The second-order valence-corrected chi connectivity index (χ2v) is 6.94. The summed E-state index contributed by atoms with van der Waals surface area (Å²) < 4.78 is 1.19. The molecule has 2 N–H and O–H groups in total. The zero-order valence-corrected chi connectivity index (χ0v) is 13.2. The molecule has 2 atom stereocenters. The van der Waals surface area contributed by atoms with E-state index in [1.54, 1.807) is 0 Å². The van der Waals surface area contributed by atoms with E-state index >= 15 is 0 Å². The monoisotopic (exact) mass is 328 g/mol. The second kappa shape index (κ2) is 6.94. The van der Waals surface area contributed by atoms with E-state index in [9.17, 15) is 0 Å². The van der Waals surface area contributed by atoms with Crippen LogP contribution in [0.5, 0.6) is 0 Å². The summed E-state index contributed by atoms with van der Waals surface area (Å²) in [5, 5.41) is 0. The standard InChI is InChI=1S/C14H21BrN2S/c1-17(9-11-4-2-3-5-13(11)15)14(8-16)12-6-7-18-10-12/h2-5,12,14H,6-10,16H2,1H3. The lowest BCUT2D eigenvalue weighted by molar-refractivity contribution is 0.184. The highest BCUT2D eigenvalue weighted by Crippen LogP contribution is 2.29. The maximum atomic E-state index is 5.98. The predicted octanol–water partition coefficient (Wildman–Crippen LogP) is 2.96. The summed E-state index contributed by atoms with van der Waals surface area (Å²) >= 11 is 5.68. The third kappa shape index (κ3) is 3.50. The number of nitrogens with zero attached hydrogens (tertiary/aromatic N) is 1. The molecule has 1 aliphatic rings. The average molecular weight is 329 g/mol. The molecule has 2 rings (SSSR count). The molecule has 0 aliphatic carbocycles. The van der Waals surface area contributed by atoms with Crippen molar-refractivity contribution in [3.63, 3.8) is 0 Å².